The summed E-state index contributed by atoms with van der Waals surface area (Å²) in [4.78, 5) is 21.8. The van der Waals surface area contributed by atoms with Crippen molar-refractivity contribution in [3.63, 3.8) is 0 Å². The molecule has 6 aromatic rings. The summed E-state index contributed by atoms with van der Waals surface area (Å²) in [5.74, 6) is -2.03. The molecular weight excluding hydrogens is 560 g/mol. The number of para-hydroxylation sites is 1. The summed E-state index contributed by atoms with van der Waals surface area (Å²) >= 11 is 0. The van der Waals surface area contributed by atoms with Crippen LogP contribution in [0.4, 0.5) is 8.78 Å². The summed E-state index contributed by atoms with van der Waals surface area (Å²) in [6.07, 6.45) is 0. The molecule has 0 bridgehead atoms. The number of carbonyl (C=O) groups is 1. The van der Waals surface area contributed by atoms with Crippen molar-refractivity contribution in [1.82, 2.24) is 14.5 Å². The smallest absolute Gasteiger partial charge is 0.307 e. The number of aromatic nitrogens is 3. The van der Waals surface area contributed by atoms with Gasteiger partial charge in [-0.3, -0.25) is 4.79 Å². The van der Waals surface area contributed by atoms with Crippen LogP contribution in [0.3, 0.4) is 0 Å². The summed E-state index contributed by atoms with van der Waals surface area (Å²) in [6, 6.07) is 29.1. The Morgan fingerprint density at radius 2 is 1.64 bits per heavy atom. The number of hydrogen-bond acceptors (Lipinski definition) is 4. The highest BCUT2D eigenvalue weighted by Gasteiger charge is 2.64. The standard InChI is InChI=1S/C36H29F2N3O3/c1-36(2)32(33(36)35(42)43)34-40-30-18-26(44-20-25-13-11-23-5-3-4-6-29(23)39-25)14-16-31(30)41(34)19-21-7-9-22(10-8-21)24-12-15-27(37)28(38)17-24/h3-18,32-33H,19-20H2,1-2H3,(H,42,43)/t32-,33+/m1/s1. The lowest BCUT2D eigenvalue weighted by atomic mass is 10.0. The second-order valence-corrected chi connectivity index (χ2v) is 11.9. The third-order valence-electron chi connectivity index (χ3n) is 8.71. The number of fused-ring (bicyclic) bond motifs is 2. The summed E-state index contributed by atoms with van der Waals surface area (Å²) in [6.45, 7) is 4.68. The number of pyridine rings is 1. The number of carboxylic acids is 1. The Labute approximate surface area is 252 Å². The molecular formula is C36H29F2N3O3. The molecule has 2 aromatic heterocycles. The fraction of sp³-hybridized carbons (Fsp3) is 0.194. The van der Waals surface area contributed by atoms with Gasteiger partial charge >= 0.3 is 5.97 Å². The van der Waals surface area contributed by atoms with Crippen LogP contribution in [-0.2, 0) is 17.9 Å². The van der Waals surface area contributed by atoms with Crippen molar-refractivity contribution >= 4 is 27.9 Å². The fourth-order valence-electron chi connectivity index (χ4n) is 6.21. The lowest BCUT2D eigenvalue weighted by Crippen LogP contribution is -2.07. The number of halogens is 2. The minimum Gasteiger partial charge on any atom is -0.487 e. The Balaban J connectivity index is 1.19. The minimum atomic E-state index is -0.891. The molecule has 0 aliphatic heterocycles. The average molecular weight is 590 g/mol. The van der Waals surface area contributed by atoms with Crippen LogP contribution in [0.2, 0.25) is 0 Å². The van der Waals surface area contributed by atoms with E-state index < -0.39 is 28.9 Å². The third kappa shape index (κ3) is 4.96. The first-order chi connectivity index (χ1) is 21.2. The summed E-state index contributed by atoms with van der Waals surface area (Å²) < 4.78 is 35.4. The molecule has 8 heteroatoms. The number of hydrogen-bond donors (Lipinski definition) is 1. The molecule has 1 aliphatic carbocycles. The molecule has 1 saturated carbocycles. The van der Waals surface area contributed by atoms with Gasteiger partial charge in [0, 0.05) is 23.9 Å². The molecule has 1 aliphatic rings. The Bertz CT molecular complexity index is 2050. The Morgan fingerprint density at radius 1 is 0.864 bits per heavy atom. The Hall–Kier alpha value is -5.11. The number of ether oxygens (including phenoxy) is 1. The van der Waals surface area contributed by atoms with Crippen LogP contribution in [0, 0.1) is 23.0 Å². The molecule has 1 N–H and O–H groups in total. The molecule has 2 heterocycles. The summed E-state index contributed by atoms with van der Waals surface area (Å²) in [5, 5.41) is 11.0. The first kappa shape index (κ1) is 27.7. The number of imidazole rings is 1. The number of aliphatic carboxylic acids is 1. The van der Waals surface area contributed by atoms with Crippen LogP contribution in [0.15, 0.2) is 97.1 Å². The predicted octanol–water partition coefficient (Wildman–Crippen LogP) is 7.98. The van der Waals surface area contributed by atoms with Crippen molar-refractivity contribution in [1.29, 1.82) is 0 Å². The molecule has 0 amide bonds. The van der Waals surface area contributed by atoms with Crippen molar-refractivity contribution in [2.24, 2.45) is 11.3 Å². The van der Waals surface area contributed by atoms with E-state index in [0.29, 0.717) is 30.0 Å². The zero-order valence-corrected chi connectivity index (χ0v) is 24.2. The molecule has 0 unspecified atom stereocenters. The number of benzene rings is 4. The van der Waals surface area contributed by atoms with Crippen LogP contribution in [0.25, 0.3) is 33.1 Å². The van der Waals surface area contributed by atoms with E-state index in [4.69, 9.17) is 9.72 Å². The van der Waals surface area contributed by atoms with E-state index in [-0.39, 0.29) is 5.92 Å². The molecule has 0 saturated heterocycles. The van der Waals surface area contributed by atoms with Crippen molar-refractivity contribution in [3.8, 4) is 16.9 Å². The number of rotatable bonds is 8. The zero-order valence-electron chi connectivity index (χ0n) is 24.2. The van der Waals surface area contributed by atoms with Crippen LogP contribution in [-0.4, -0.2) is 25.6 Å². The van der Waals surface area contributed by atoms with Gasteiger partial charge in [-0.15, -0.1) is 0 Å². The highest BCUT2D eigenvalue weighted by molar-refractivity contribution is 5.81. The van der Waals surface area contributed by atoms with Gasteiger partial charge in [-0.2, -0.15) is 0 Å². The normalized spacial score (nSPS) is 17.2. The van der Waals surface area contributed by atoms with E-state index in [0.717, 1.165) is 45.1 Å². The molecule has 0 radical (unpaired) electrons. The van der Waals surface area contributed by atoms with Crippen molar-refractivity contribution in [2.75, 3.05) is 0 Å². The van der Waals surface area contributed by atoms with Gasteiger partial charge in [0.15, 0.2) is 11.6 Å². The molecule has 1 fully saturated rings. The molecule has 6 nitrogen and oxygen atoms in total. The molecule has 44 heavy (non-hydrogen) atoms. The fourth-order valence-corrected chi connectivity index (χ4v) is 6.21. The molecule has 2 atom stereocenters. The van der Waals surface area contributed by atoms with Gasteiger partial charge in [-0.05, 0) is 58.5 Å². The van der Waals surface area contributed by atoms with Gasteiger partial charge in [0.25, 0.3) is 0 Å². The maximum atomic E-state index is 13.8. The maximum absolute atomic E-state index is 13.8. The largest absolute Gasteiger partial charge is 0.487 e. The van der Waals surface area contributed by atoms with E-state index in [1.165, 1.54) is 6.07 Å². The van der Waals surface area contributed by atoms with Gasteiger partial charge in [0.2, 0.25) is 0 Å². The van der Waals surface area contributed by atoms with Crippen LogP contribution >= 0.6 is 0 Å². The third-order valence-corrected chi connectivity index (χ3v) is 8.71. The quantitative estimate of drug-likeness (QED) is 0.195. The molecule has 0 spiro atoms. The highest BCUT2D eigenvalue weighted by atomic mass is 19.2. The molecule has 7 rings (SSSR count). The van der Waals surface area contributed by atoms with Gasteiger partial charge in [-0.1, -0.05) is 68.4 Å². The zero-order chi connectivity index (χ0) is 30.6. The monoisotopic (exact) mass is 589 g/mol. The van der Waals surface area contributed by atoms with E-state index >= 15 is 0 Å². The number of carboxylic acid groups (broad SMARTS) is 1. The maximum Gasteiger partial charge on any atom is 0.307 e. The van der Waals surface area contributed by atoms with E-state index in [1.807, 2.05) is 92.7 Å². The van der Waals surface area contributed by atoms with Crippen LogP contribution in [0.1, 0.15) is 36.8 Å². The highest BCUT2D eigenvalue weighted by Crippen LogP contribution is 2.64. The van der Waals surface area contributed by atoms with Gasteiger partial charge in [0.1, 0.15) is 18.2 Å². The van der Waals surface area contributed by atoms with Crippen LogP contribution < -0.4 is 4.74 Å². The van der Waals surface area contributed by atoms with Crippen molar-refractivity contribution in [3.05, 3.63) is 126 Å². The lowest BCUT2D eigenvalue weighted by Gasteiger charge is -2.12. The Morgan fingerprint density at radius 3 is 2.39 bits per heavy atom. The summed E-state index contributed by atoms with van der Waals surface area (Å²) in [5.41, 5.74) is 5.17. The average Bonchev–Trinajstić information content (AvgIpc) is 3.44. The van der Waals surface area contributed by atoms with Gasteiger partial charge in [0.05, 0.1) is 28.2 Å². The van der Waals surface area contributed by atoms with Crippen molar-refractivity contribution in [2.45, 2.75) is 32.9 Å². The van der Waals surface area contributed by atoms with Gasteiger partial charge < -0.3 is 14.4 Å². The minimum absolute atomic E-state index is 0.250. The second kappa shape index (κ2) is 10.6. The topological polar surface area (TPSA) is 77.2 Å². The first-order valence-corrected chi connectivity index (χ1v) is 14.4. The van der Waals surface area contributed by atoms with Crippen molar-refractivity contribution < 1.29 is 23.4 Å². The molecule has 4 aromatic carbocycles. The predicted molar refractivity (Wildman–Crippen MR) is 164 cm³/mol. The van der Waals surface area contributed by atoms with E-state index in [1.54, 1.807) is 6.07 Å². The van der Waals surface area contributed by atoms with E-state index in [2.05, 4.69) is 9.55 Å². The second-order valence-electron chi connectivity index (χ2n) is 11.9. The Kier molecular flexibility index (Phi) is 6.65. The lowest BCUT2D eigenvalue weighted by molar-refractivity contribution is -0.139. The van der Waals surface area contributed by atoms with Gasteiger partial charge in [-0.25, -0.2) is 18.7 Å². The first-order valence-electron chi connectivity index (χ1n) is 14.4. The van der Waals surface area contributed by atoms with Crippen LogP contribution in [0.5, 0.6) is 5.75 Å². The van der Waals surface area contributed by atoms with E-state index in [9.17, 15) is 18.7 Å². The summed E-state index contributed by atoms with van der Waals surface area (Å²) in [7, 11) is 0. The number of nitrogens with zero attached hydrogens (tertiary/aromatic N) is 3. The SMILES string of the molecule is CC1(C)[C@H](C(=O)O)[C@@H]1c1nc2cc(OCc3ccc4ccccc4n3)ccc2n1Cc1ccc(-c2ccc(F)c(F)c2)cc1. The molecule has 220 valence electrons.